The summed E-state index contributed by atoms with van der Waals surface area (Å²) >= 11 is 0. The molecule has 13 heavy (non-hydrogen) atoms. The van der Waals surface area contributed by atoms with Gasteiger partial charge < -0.3 is 10.3 Å². The van der Waals surface area contributed by atoms with Gasteiger partial charge in [-0.05, 0) is 11.6 Å². The minimum absolute atomic E-state index is 0.882. The van der Waals surface area contributed by atoms with E-state index in [4.69, 9.17) is 0 Å². The smallest absolute Gasteiger partial charge is 0.160 e. The summed E-state index contributed by atoms with van der Waals surface area (Å²) in [5.74, 6) is 0. The SMILES string of the molecule is [c]1cc2c3c([nH]c2nn1)CCNC3. The fourth-order valence-electron chi connectivity index (χ4n) is 1.84. The Morgan fingerprint density at radius 2 is 2.46 bits per heavy atom. The molecule has 1 aliphatic heterocycles. The van der Waals surface area contributed by atoms with Gasteiger partial charge in [-0.15, -0.1) is 10.2 Å². The van der Waals surface area contributed by atoms with Crippen molar-refractivity contribution < 1.29 is 0 Å². The van der Waals surface area contributed by atoms with E-state index in [1.807, 2.05) is 6.07 Å². The van der Waals surface area contributed by atoms with Gasteiger partial charge in [0.15, 0.2) is 5.65 Å². The van der Waals surface area contributed by atoms with Crippen molar-refractivity contribution in [3.8, 4) is 0 Å². The van der Waals surface area contributed by atoms with Crippen LogP contribution in [0.25, 0.3) is 11.0 Å². The van der Waals surface area contributed by atoms with Crippen molar-refractivity contribution >= 4 is 11.0 Å². The number of H-pyrrole nitrogens is 1. The molecule has 0 amide bonds. The zero-order chi connectivity index (χ0) is 8.67. The van der Waals surface area contributed by atoms with Gasteiger partial charge in [0.25, 0.3) is 0 Å². The highest BCUT2D eigenvalue weighted by Crippen LogP contribution is 2.22. The lowest BCUT2D eigenvalue weighted by Gasteiger charge is -2.11. The van der Waals surface area contributed by atoms with Gasteiger partial charge in [0.1, 0.15) is 6.20 Å². The van der Waals surface area contributed by atoms with Crippen LogP contribution in [0.15, 0.2) is 6.07 Å². The molecular formula is C9H9N4. The molecule has 65 valence electrons. The van der Waals surface area contributed by atoms with E-state index in [0.717, 1.165) is 30.5 Å². The Morgan fingerprint density at radius 3 is 3.46 bits per heavy atom. The standard InChI is InChI=1S/C9H9N4/c1-4-11-13-9-6(1)7-5-10-3-2-8(7)12-9/h1,10H,2-3,5H2,(H,12,13). The topological polar surface area (TPSA) is 53.6 Å². The van der Waals surface area contributed by atoms with E-state index in [-0.39, 0.29) is 0 Å². The van der Waals surface area contributed by atoms with Crippen molar-refractivity contribution in [1.82, 2.24) is 20.5 Å². The second-order valence-electron chi connectivity index (χ2n) is 3.24. The first-order chi connectivity index (χ1) is 6.45. The average Bonchev–Trinajstić information content (AvgIpc) is 2.56. The summed E-state index contributed by atoms with van der Waals surface area (Å²) in [6, 6.07) is 1.89. The number of rotatable bonds is 0. The molecule has 0 aliphatic carbocycles. The van der Waals surface area contributed by atoms with Crippen molar-refractivity contribution in [2.45, 2.75) is 13.0 Å². The number of aromatic amines is 1. The van der Waals surface area contributed by atoms with Gasteiger partial charge in [0.2, 0.25) is 0 Å². The molecule has 2 N–H and O–H groups in total. The second kappa shape index (κ2) is 2.53. The second-order valence-corrected chi connectivity index (χ2v) is 3.24. The monoisotopic (exact) mass is 173 g/mol. The maximum Gasteiger partial charge on any atom is 0.160 e. The summed E-state index contributed by atoms with van der Waals surface area (Å²) in [5, 5.41) is 12.2. The van der Waals surface area contributed by atoms with Crippen LogP contribution in [0, 0.1) is 6.20 Å². The molecule has 4 heteroatoms. The van der Waals surface area contributed by atoms with E-state index >= 15 is 0 Å². The first-order valence-corrected chi connectivity index (χ1v) is 4.39. The van der Waals surface area contributed by atoms with Crippen LogP contribution >= 0.6 is 0 Å². The van der Waals surface area contributed by atoms with Crippen LogP contribution in [0.5, 0.6) is 0 Å². The number of nitrogens with zero attached hydrogens (tertiary/aromatic N) is 2. The highest BCUT2D eigenvalue weighted by Gasteiger charge is 2.14. The lowest BCUT2D eigenvalue weighted by molar-refractivity contribution is 0.640. The van der Waals surface area contributed by atoms with E-state index in [0.29, 0.717) is 0 Å². The normalized spacial score (nSPS) is 16.0. The third-order valence-corrected chi connectivity index (χ3v) is 2.48. The molecule has 2 aromatic rings. The molecular weight excluding hydrogens is 164 g/mol. The fraction of sp³-hybridized carbons (Fsp3) is 0.333. The van der Waals surface area contributed by atoms with Gasteiger partial charge in [-0.25, -0.2) is 0 Å². The molecule has 3 rings (SSSR count). The number of fused-ring (bicyclic) bond motifs is 3. The first kappa shape index (κ1) is 7.03. The Balaban J connectivity index is 2.34. The Kier molecular flexibility index (Phi) is 1.37. The minimum atomic E-state index is 0.882. The van der Waals surface area contributed by atoms with Crippen molar-refractivity contribution in [2.75, 3.05) is 6.54 Å². The molecule has 0 bridgehead atoms. The van der Waals surface area contributed by atoms with Gasteiger partial charge in [0.05, 0.1) is 0 Å². The molecule has 3 heterocycles. The Labute approximate surface area is 75.4 Å². The summed E-state index contributed by atoms with van der Waals surface area (Å²) < 4.78 is 0. The summed E-state index contributed by atoms with van der Waals surface area (Å²) in [6.45, 7) is 1.96. The maximum atomic E-state index is 4.00. The Morgan fingerprint density at radius 1 is 1.46 bits per heavy atom. The van der Waals surface area contributed by atoms with Gasteiger partial charge in [-0.2, -0.15) is 0 Å². The van der Waals surface area contributed by atoms with Crippen LogP contribution in [-0.2, 0) is 13.0 Å². The van der Waals surface area contributed by atoms with Crippen LogP contribution in [0.4, 0.5) is 0 Å². The fourth-order valence-corrected chi connectivity index (χ4v) is 1.84. The molecule has 2 aromatic heterocycles. The highest BCUT2D eigenvalue weighted by molar-refractivity contribution is 5.80. The molecule has 0 fully saturated rings. The lowest BCUT2D eigenvalue weighted by atomic mass is 10.1. The number of hydrogen-bond donors (Lipinski definition) is 2. The minimum Gasteiger partial charge on any atom is -0.341 e. The molecule has 0 atom stereocenters. The zero-order valence-electron chi connectivity index (χ0n) is 7.09. The zero-order valence-corrected chi connectivity index (χ0v) is 7.09. The van der Waals surface area contributed by atoms with Crippen LogP contribution in [-0.4, -0.2) is 21.7 Å². The van der Waals surface area contributed by atoms with Gasteiger partial charge >= 0.3 is 0 Å². The van der Waals surface area contributed by atoms with Gasteiger partial charge in [0, 0.05) is 30.6 Å². The molecule has 0 saturated carbocycles. The maximum absolute atomic E-state index is 4.00. The molecule has 1 aliphatic rings. The van der Waals surface area contributed by atoms with Crippen LogP contribution < -0.4 is 5.32 Å². The molecule has 0 saturated heterocycles. The molecule has 1 radical (unpaired) electrons. The highest BCUT2D eigenvalue weighted by atomic mass is 15.1. The van der Waals surface area contributed by atoms with Crippen molar-refractivity contribution in [3.05, 3.63) is 23.5 Å². The van der Waals surface area contributed by atoms with E-state index in [2.05, 4.69) is 26.7 Å². The van der Waals surface area contributed by atoms with Crippen molar-refractivity contribution in [2.24, 2.45) is 0 Å². The van der Waals surface area contributed by atoms with Crippen LogP contribution in [0.2, 0.25) is 0 Å². The number of hydrogen-bond acceptors (Lipinski definition) is 3. The predicted octanol–water partition coefficient (Wildman–Crippen LogP) is 0.404. The molecule has 0 spiro atoms. The van der Waals surface area contributed by atoms with E-state index in [1.165, 1.54) is 11.3 Å². The summed E-state index contributed by atoms with van der Waals surface area (Å²) in [7, 11) is 0. The lowest BCUT2D eigenvalue weighted by Crippen LogP contribution is -2.22. The number of aromatic nitrogens is 3. The third kappa shape index (κ3) is 0.954. The van der Waals surface area contributed by atoms with Gasteiger partial charge in [-0.3, -0.25) is 0 Å². The van der Waals surface area contributed by atoms with E-state index in [9.17, 15) is 0 Å². The third-order valence-electron chi connectivity index (χ3n) is 2.48. The average molecular weight is 173 g/mol. The van der Waals surface area contributed by atoms with Crippen molar-refractivity contribution in [1.29, 1.82) is 0 Å². The van der Waals surface area contributed by atoms with Crippen molar-refractivity contribution in [3.63, 3.8) is 0 Å². The molecule has 0 unspecified atom stereocenters. The molecule has 0 aromatic carbocycles. The largest absolute Gasteiger partial charge is 0.341 e. The van der Waals surface area contributed by atoms with E-state index in [1.54, 1.807) is 0 Å². The number of nitrogens with one attached hydrogen (secondary N) is 2. The Bertz CT molecular complexity index is 446. The van der Waals surface area contributed by atoms with Crippen LogP contribution in [0.1, 0.15) is 11.3 Å². The van der Waals surface area contributed by atoms with E-state index < -0.39 is 0 Å². The molecule has 4 nitrogen and oxygen atoms in total. The van der Waals surface area contributed by atoms with Crippen LogP contribution in [0.3, 0.4) is 0 Å². The predicted molar refractivity (Wildman–Crippen MR) is 48.1 cm³/mol. The Hall–Kier alpha value is -1.42. The summed E-state index contributed by atoms with van der Waals surface area (Å²) in [5.41, 5.74) is 3.50. The summed E-state index contributed by atoms with van der Waals surface area (Å²) in [4.78, 5) is 3.28. The summed E-state index contributed by atoms with van der Waals surface area (Å²) in [6.07, 6.45) is 3.81. The first-order valence-electron chi connectivity index (χ1n) is 4.39. The quantitative estimate of drug-likeness (QED) is 0.606. The van der Waals surface area contributed by atoms with Gasteiger partial charge in [-0.1, -0.05) is 0 Å².